The van der Waals surface area contributed by atoms with Gasteiger partial charge in [0.1, 0.15) is 11.5 Å². The monoisotopic (exact) mass is 352 g/mol. The van der Waals surface area contributed by atoms with Gasteiger partial charge in [-0.3, -0.25) is 10.1 Å². The fraction of sp³-hybridized carbons (Fsp3) is 0.143. The molecule has 0 saturated carbocycles. The highest BCUT2D eigenvalue weighted by molar-refractivity contribution is 9.10. The van der Waals surface area contributed by atoms with Crippen molar-refractivity contribution in [2.24, 2.45) is 0 Å². The molecule has 0 amide bonds. The van der Waals surface area contributed by atoms with Gasteiger partial charge in [-0.1, -0.05) is 0 Å². The maximum Gasteiger partial charge on any atom is 0.270 e. The summed E-state index contributed by atoms with van der Waals surface area (Å²) in [5, 5.41) is 23.6. The van der Waals surface area contributed by atoms with E-state index in [4.69, 9.17) is 4.74 Å². The molecule has 0 unspecified atom stereocenters. The maximum atomic E-state index is 10.7. The molecule has 2 rings (SSSR count). The Bertz CT molecular complexity index is 676. The maximum absolute atomic E-state index is 10.7. The Morgan fingerprint density at radius 2 is 2.10 bits per heavy atom. The SMILES string of the molecule is COc1ccc(O)c(CNc2ccc([N+](=O)[O-])cc2Br)c1. The molecule has 2 N–H and O–H groups in total. The Morgan fingerprint density at radius 3 is 2.71 bits per heavy atom. The van der Waals surface area contributed by atoms with Crippen LogP contribution in [0.2, 0.25) is 0 Å². The summed E-state index contributed by atoms with van der Waals surface area (Å²) in [5.74, 6) is 0.800. The lowest BCUT2D eigenvalue weighted by Gasteiger charge is -2.11. The molecule has 0 spiro atoms. The van der Waals surface area contributed by atoms with Crippen molar-refractivity contribution >= 4 is 27.3 Å². The minimum atomic E-state index is -0.456. The van der Waals surface area contributed by atoms with E-state index in [9.17, 15) is 15.2 Å². The topological polar surface area (TPSA) is 84.6 Å². The molecule has 0 aliphatic carbocycles. The van der Waals surface area contributed by atoms with E-state index in [2.05, 4.69) is 21.2 Å². The second kappa shape index (κ2) is 6.45. The number of anilines is 1. The first kappa shape index (κ1) is 15.1. The van der Waals surface area contributed by atoms with Crippen molar-refractivity contribution in [3.63, 3.8) is 0 Å². The number of non-ortho nitro benzene ring substituents is 1. The predicted octanol–water partition coefficient (Wildman–Crippen LogP) is 3.68. The molecule has 2 aromatic carbocycles. The molecule has 0 atom stereocenters. The summed E-state index contributed by atoms with van der Waals surface area (Å²) in [4.78, 5) is 10.2. The minimum Gasteiger partial charge on any atom is -0.508 e. The molecule has 0 saturated heterocycles. The molecule has 7 heteroatoms. The number of benzene rings is 2. The summed E-state index contributed by atoms with van der Waals surface area (Å²) in [6, 6.07) is 9.40. The number of rotatable bonds is 5. The first-order chi connectivity index (χ1) is 10.0. The zero-order valence-electron chi connectivity index (χ0n) is 11.2. The Morgan fingerprint density at radius 1 is 1.33 bits per heavy atom. The highest BCUT2D eigenvalue weighted by Gasteiger charge is 2.10. The molecule has 0 heterocycles. The van der Waals surface area contributed by atoms with Gasteiger partial charge < -0.3 is 15.2 Å². The number of hydrogen-bond donors (Lipinski definition) is 2. The fourth-order valence-corrected chi connectivity index (χ4v) is 2.29. The van der Waals surface area contributed by atoms with Crippen LogP contribution in [0.15, 0.2) is 40.9 Å². The second-order valence-corrected chi connectivity index (χ2v) is 5.12. The number of halogens is 1. The lowest BCUT2D eigenvalue weighted by atomic mass is 10.2. The van der Waals surface area contributed by atoms with Gasteiger partial charge in [0.25, 0.3) is 5.69 Å². The van der Waals surface area contributed by atoms with Crippen LogP contribution in [0.3, 0.4) is 0 Å². The van der Waals surface area contributed by atoms with Gasteiger partial charge >= 0.3 is 0 Å². The zero-order valence-corrected chi connectivity index (χ0v) is 12.8. The predicted molar refractivity (Wildman–Crippen MR) is 82.8 cm³/mol. The smallest absolute Gasteiger partial charge is 0.270 e. The van der Waals surface area contributed by atoms with E-state index in [1.807, 2.05) is 0 Å². The largest absolute Gasteiger partial charge is 0.508 e. The highest BCUT2D eigenvalue weighted by Crippen LogP contribution is 2.29. The van der Waals surface area contributed by atoms with Crippen molar-refractivity contribution in [2.45, 2.75) is 6.54 Å². The number of methoxy groups -OCH3 is 1. The van der Waals surface area contributed by atoms with E-state index < -0.39 is 4.92 Å². The summed E-state index contributed by atoms with van der Waals surface area (Å²) in [7, 11) is 1.55. The number of hydrogen-bond acceptors (Lipinski definition) is 5. The van der Waals surface area contributed by atoms with Crippen molar-refractivity contribution in [3.8, 4) is 11.5 Å². The van der Waals surface area contributed by atoms with E-state index in [-0.39, 0.29) is 11.4 Å². The zero-order chi connectivity index (χ0) is 15.4. The second-order valence-electron chi connectivity index (χ2n) is 4.27. The molecule has 0 aliphatic heterocycles. The number of nitro groups is 1. The van der Waals surface area contributed by atoms with Crippen molar-refractivity contribution < 1.29 is 14.8 Å². The first-order valence-corrected chi connectivity index (χ1v) is 6.84. The van der Waals surface area contributed by atoms with Gasteiger partial charge in [0.05, 0.1) is 12.0 Å². The van der Waals surface area contributed by atoms with Crippen molar-refractivity contribution in [1.82, 2.24) is 0 Å². The molecule has 0 fully saturated rings. The van der Waals surface area contributed by atoms with E-state index in [0.29, 0.717) is 28.0 Å². The number of ether oxygens (including phenoxy) is 1. The van der Waals surface area contributed by atoms with Gasteiger partial charge in [-0.05, 0) is 40.2 Å². The molecule has 21 heavy (non-hydrogen) atoms. The average molecular weight is 353 g/mol. The lowest BCUT2D eigenvalue weighted by Crippen LogP contribution is -2.01. The Hall–Kier alpha value is -2.28. The summed E-state index contributed by atoms with van der Waals surface area (Å²) < 4.78 is 5.69. The van der Waals surface area contributed by atoms with Crippen LogP contribution < -0.4 is 10.1 Å². The summed E-state index contributed by atoms with van der Waals surface area (Å²) in [6.07, 6.45) is 0. The number of phenolic OH excluding ortho intramolecular Hbond substituents is 1. The van der Waals surface area contributed by atoms with Crippen molar-refractivity contribution in [2.75, 3.05) is 12.4 Å². The molecule has 0 bridgehead atoms. The number of nitrogens with one attached hydrogen (secondary N) is 1. The normalized spacial score (nSPS) is 10.2. The van der Waals surface area contributed by atoms with E-state index in [1.54, 1.807) is 31.4 Å². The third kappa shape index (κ3) is 3.63. The van der Waals surface area contributed by atoms with Gasteiger partial charge in [-0.2, -0.15) is 0 Å². The summed E-state index contributed by atoms with van der Waals surface area (Å²) >= 11 is 3.28. The highest BCUT2D eigenvalue weighted by atomic mass is 79.9. The summed E-state index contributed by atoms with van der Waals surface area (Å²) in [5.41, 5.74) is 1.37. The Kier molecular flexibility index (Phi) is 4.64. The lowest BCUT2D eigenvalue weighted by molar-refractivity contribution is -0.384. The van der Waals surface area contributed by atoms with E-state index >= 15 is 0 Å². The van der Waals surface area contributed by atoms with Crippen LogP contribution in [0.25, 0.3) is 0 Å². The number of aromatic hydroxyl groups is 1. The van der Waals surface area contributed by atoms with Crippen LogP contribution >= 0.6 is 15.9 Å². The average Bonchev–Trinajstić information content (AvgIpc) is 2.47. The molecule has 2 aromatic rings. The molecule has 110 valence electrons. The van der Waals surface area contributed by atoms with Crippen LogP contribution in [0.4, 0.5) is 11.4 Å². The van der Waals surface area contributed by atoms with E-state index in [0.717, 1.165) is 0 Å². The molecule has 0 aliphatic rings. The molecule has 0 aromatic heterocycles. The molecule has 6 nitrogen and oxygen atoms in total. The van der Waals surface area contributed by atoms with Gasteiger partial charge in [0, 0.05) is 34.4 Å². The number of nitro benzene ring substituents is 1. The van der Waals surface area contributed by atoms with Crippen LogP contribution in [-0.2, 0) is 6.54 Å². The molecule has 0 radical (unpaired) electrons. The van der Waals surface area contributed by atoms with Gasteiger partial charge in [0.2, 0.25) is 0 Å². The van der Waals surface area contributed by atoms with Crippen LogP contribution in [0.1, 0.15) is 5.56 Å². The third-order valence-corrected chi connectivity index (χ3v) is 3.58. The van der Waals surface area contributed by atoms with E-state index in [1.165, 1.54) is 12.1 Å². The van der Waals surface area contributed by atoms with Gasteiger partial charge in [-0.15, -0.1) is 0 Å². The quantitative estimate of drug-likeness (QED) is 0.633. The summed E-state index contributed by atoms with van der Waals surface area (Å²) in [6.45, 7) is 0.361. The standard InChI is InChI=1S/C14H13BrN2O4/c1-21-11-3-5-14(18)9(6-11)8-16-13-4-2-10(17(19)20)7-12(13)15/h2-7,16,18H,8H2,1H3. The van der Waals surface area contributed by atoms with Crippen molar-refractivity contribution in [3.05, 3.63) is 56.5 Å². The Balaban J connectivity index is 2.15. The first-order valence-electron chi connectivity index (χ1n) is 6.05. The van der Waals surface area contributed by atoms with Crippen LogP contribution in [-0.4, -0.2) is 17.1 Å². The van der Waals surface area contributed by atoms with Gasteiger partial charge in [0.15, 0.2) is 0 Å². The molecular formula is C14H13BrN2O4. The fourth-order valence-electron chi connectivity index (χ4n) is 1.78. The van der Waals surface area contributed by atoms with Crippen LogP contribution in [0, 0.1) is 10.1 Å². The van der Waals surface area contributed by atoms with Gasteiger partial charge in [-0.25, -0.2) is 0 Å². The number of nitrogens with zero attached hydrogens (tertiary/aromatic N) is 1. The minimum absolute atomic E-state index is 0.0108. The number of phenols is 1. The van der Waals surface area contributed by atoms with Crippen molar-refractivity contribution in [1.29, 1.82) is 0 Å². The third-order valence-electron chi connectivity index (χ3n) is 2.92. The Labute approximate surface area is 129 Å². The van der Waals surface area contributed by atoms with Crippen LogP contribution in [0.5, 0.6) is 11.5 Å². The molecular weight excluding hydrogens is 340 g/mol.